The van der Waals surface area contributed by atoms with Crippen molar-refractivity contribution < 1.29 is 14.3 Å². The zero-order valence-electron chi connectivity index (χ0n) is 10.7. The van der Waals surface area contributed by atoms with E-state index >= 15 is 0 Å². The highest BCUT2D eigenvalue weighted by Crippen LogP contribution is 2.19. The average Bonchev–Trinajstić information content (AvgIpc) is 2.32. The summed E-state index contributed by atoms with van der Waals surface area (Å²) in [6, 6.07) is 1.25. The van der Waals surface area contributed by atoms with Crippen LogP contribution in [0.4, 0.5) is 0 Å². The van der Waals surface area contributed by atoms with Crippen molar-refractivity contribution in [2.24, 2.45) is 5.41 Å². The molecule has 1 aromatic heterocycles. The van der Waals surface area contributed by atoms with Gasteiger partial charge in [-0.1, -0.05) is 0 Å². The van der Waals surface area contributed by atoms with E-state index in [0.717, 1.165) is 4.57 Å². The summed E-state index contributed by atoms with van der Waals surface area (Å²) in [6.07, 6.45) is 2.61. The number of esters is 1. The van der Waals surface area contributed by atoms with Crippen molar-refractivity contribution in [3.8, 4) is 0 Å². The van der Waals surface area contributed by atoms with E-state index in [4.69, 9.17) is 4.74 Å². The van der Waals surface area contributed by atoms with Crippen molar-refractivity contribution in [2.75, 3.05) is 6.61 Å². The van der Waals surface area contributed by atoms with Crippen LogP contribution in [0.5, 0.6) is 0 Å². The molecule has 0 fully saturated rings. The van der Waals surface area contributed by atoms with Gasteiger partial charge in [0.25, 0.3) is 5.56 Å². The topological polar surface area (TPSA) is 78.3 Å². The number of carbonyl (C=O) groups excluding carboxylic acids is 2. The van der Waals surface area contributed by atoms with Crippen LogP contribution in [0.3, 0.4) is 0 Å². The van der Waals surface area contributed by atoms with Crippen LogP contribution in [0.15, 0.2) is 23.4 Å². The monoisotopic (exact) mass is 252 g/mol. The summed E-state index contributed by atoms with van der Waals surface area (Å²) < 4.78 is 5.99. The van der Waals surface area contributed by atoms with Crippen molar-refractivity contribution in [1.82, 2.24) is 9.55 Å². The van der Waals surface area contributed by atoms with Crippen LogP contribution in [-0.4, -0.2) is 27.9 Å². The fourth-order valence-corrected chi connectivity index (χ4v) is 1.27. The van der Waals surface area contributed by atoms with Gasteiger partial charge in [-0.05, 0) is 20.8 Å². The van der Waals surface area contributed by atoms with Gasteiger partial charge in [0.1, 0.15) is 5.41 Å². The Morgan fingerprint density at radius 2 is 2.11 bits per heavy atom. The van der Waals surface area contributed by atoms with Gasteiger partial charge in [-0.2, -0.15) is 0 Å². The first-order valence-corrected chi connectivity index (χ1v) is 5.60. The molecule has 18 heavy (non-hydrogen) atoms. The van der Waals surface area contributed by atoms with E-state index in [9.17, 15) is 14.4 Å². The van der Waals surface area contributed by atoms with Crippen LogP contribution in [0.25, 0.3) is 0 Å². The Bertz CT molecular complexity index is 505. The Labute approximate surface area is 105 Å². The molecule has 0 saturated heterocycles. The van der Waals surface area contributed by atoms with Crippen LogP contribution >= 0.6 is 0 Å². The Morgan fingerprint density at radius 3 is 2.67 bits per heavy atom. The minimum absolute atomic E-state index is 0.196. The van der Waals surface area contributed by atoms with Gasteiger partial charge in [0, 0.05) is 12.3 Å². The summed E-state index contributed by atoms with van der Waals surface area (Å²) >= 11 is 0. The second kappa shape index (κ2) is 5.57. The van der Waals surface area contributed by atoms with Gasteiger partial charge < -0.3 is 4.74 Å². The third-order valence-electron chi connectivity index (χ3n) is 2.59. The quantitative estimate of drug-likeness (QED) is 0.560. The van der Waals surface area contributed by atoms with Gasteiger partial charge >= 0.3 is 5.97 Å². The minimum atomic E-state index is -1.27. The molecule has 98 valence electrons. The van der Waals surface area contributed by atoms with Crippen molar-refractivity contribution >= 4 is 11.8 Å². The Hall–Kier alpha value is -1.98. The lowest BCUT2D eigenvalue weighted by atomic mass is 9.88. The maximum Gasteiger partial charge on any atom is 0.319 e. The molecule has 0 unspecified atom stereocenters. The van der Waals surface area contributed by atoms with E-state index < -0.39 is 17.2 Å². The second-order valence-corrected chi connectivity index (χ2v) is 4.32. The normalized spacial score (nSPS) is 11.1. The van der Waals surface area contributed by atoms with E-state index in [0.29, 0.717) is 0 Å². The molecule has 0 aromatic carbocycles. The predicted octanol–water partition coefficient (Wildman–Crippen LogP) is 0.402. The number of ketones is 1. The van der Waals surface area contributed by atoms with Crippen LogP contribution in [0.1, 0.15) is 20.8 Å². The molecule has 0 saturated carbocycles. The molecule has 0 aliphatic carbocycles. The number of hydrogen-bond donors (Lipinski definition) is 0. The molecule has 6 nitrogen and oxygen atoms in total. The molecular formula is C12H16N2O4. The third kappa shape index (κ3) is 3.03. The van der Waals surface area contributed by atoms with Gasteiger partial charge in [0.15, 0.2) is 5.78 Å². The largest absolute Gasteiger partial charge is 0.465 e. The average molecular weight is 252 g/mol. The SMILES string of the molecule is CCOC(=O)C(C)(C)C(=O)Cn1cnccc1=O. The Kier molecular flexibility index (Phi) is 4.36. The standard InChI is InChI=1S/C12H16N2O4/c1-4-18-11(17)12(2,3)9(15)7-14-8-13-6-5-10(14)16/h5-6,8H,4,7H2,1-3H3. The van der Waals surface area contributed by atoms with Gasteiger partial charge in [0.2, 0.25) is 0 Å². The van der Waals surface area contributed by atoms with Gasteiger partial charge in [-0.15, -0.1) is 0 Å². The van der Waals surface area contributed by atoms with Crippen molar-refractivity contribution in [1.29, 1.82) is 0 Å². The van der Waals surface area contributed by atoms with Crippen LogP contribution in [0.2, 0.25) is 0 Å². The lowest BCUT2D eigenvalue weighted by Gasteiger charge is -2.20. The fraction of sp³-hybridized carbons (Fsp3) is 0.500. The number of carbonyl (C=O) groups is 2. The van der Waals surface area contributed by atoms with E-state index in [1.165, 1.54) is 32.4 Å². The minimum Gasteiger partial charge on any atom is -0.465 e. The van der Waals surface area contributed by atoms with Crippen LogP contribution in [-0.2, 0) is 20.9 Å². The molecule has 0 aliphatic heterocycles. The summed E-state index contributed by atoms with van der Waals surface area (Å²) in [7, 11) is 0. The summed E-state index contributed by atoms with van der Waals surface area (Å²) in [5.41, 5.74) is -1.61. The fourth-order valence-electron chi connectivity index (χ4n) is 1.27. The number of rotatable bonds is 5. The number of aromatic nitrogens is 2. The molecule has 0 bridgehead atoms. The van der Waals surface area contributed by atoms with Crippen molar-refractivity contribution in [3.63, 3.8) is 0 Å². The molecule has 0 spiro atoms. The second-order valence-electron chi connectivity index (χ2n) is 4.32. The first-order chi connectivity index (χ1) is 8.39. The third-order valence-corrected chi connectivity index (χ3v) is 2.59. The molecule has 6 heteroatoms. The molecule has 1 aromatic rings. The van der Waals surface area contributed by atoms with Crippen molar-refractivity contribution in [3.05, 3.63) is 28.9 Å². The summed E-state index contributed by atoms with van der Waals surface area (Å²) in [5, 5.41) is 0. The smallest absolute Gasteiger partial charge is 0.319 e. The lowest BCUT2D eigenvalue weighted by Crippen LogP contribution is -2.39. The maximum absolute atomic E-state index is 12.0. The highest BCUT2D eigenvalue weighted by Gasteiger charge is 2.37. The molecule has 1 rings (SSSR count). The number of ether oxygens (including phenoxy) is 1. The molecule has 1 heterocycles. The maximum atomic E-state index is 12.0. The highest BCUT2D eigenvalue weighted by atomic mass is 16.5. The van der Waals surface area contributed by atoms with Crippen LogP contribution in [0, 0.1) is 5.41 Å². The zero-order valence-corrected chi connectivity index (χ0v) is 10.7. The summed E-state index contributed by atoms with van der Waals surface area (Å²) in [6.45, 7) is 4.65. The van der Waals surface area contributed by atoms with E-state index in [1.54, 1.807) is 6.92 Å². The number of hydrogen-bond acceptors (Lipinski definition) is 5. The highest BCUT2D eigenvalue weighted by molar-refractivity contribution is 6.02. The number of nitrogens with zero attached hydrogens (tertiary/aromatic N) is 2. The molecule has 0 amide bonds. The summed E-state index contributed by atoms with van der Waals surface area (Å²) in [5.74, 6) is -0.983. The molecule has 0 atom stereocenters. The van der Waals surface area contributed by atoms with Crippen molar-refractivity contribution in [2.45, 2.75) is 27.3 Å². The van der Waals surface area contributed by atoms with Gasteiger partial charge in [0.05, 0.1) is 19.5 Å². The van der Waals surface area contributed by atoms with E-state index in [1.807, 2.05) is 0 Å². The molecule has 0 radical (unpaired) electrons. The van der Waals surface area contributed by atoms with Crippen LogP contribution < -0.4 is 5.56 Å². The predicted molar refractivity (Wildman–Crippen MR) is 63.9 cm³/mol. The summed E-state index contributed by atoms with van der Waals surface area (Å²) in [4.78, 5) is 38.8. The zero-order chi connectivity index (χ0) is 13.8. The first kappa shape index (κ1) is 14.1. The lowest BCUT2D eigenvalue weighted by molar-refractivity contribution is -0.158. The molecular weight excluding hydrogens is 236 g/mol. The Balaban J connectivity index is 2.86. The molecule has 0 aliphatic rings. The number of Topliss-reactive ketones (excluding diaryl/α,β-unsaturated/α-hetero) is 1. The van der Waals surface area contributed by atoms with Gasteiger partial charge in [-0.25, -0.2) is 4.98 Å². The molecule has 0 N–H and O–H groups in total. The Morgan fingerprint density at radius 1 is 1.44 bits per heavy atom. The van der Waals surface area contributed by atoms with E-state index in [-0.39, 0.29) is 18.7 Å². The van der Waals surface area contributed by atoms with Gasteiger partial charge in [-0.3, -0.25) is 19.0 Å². The first-order valence-electron chi connectivity index (χ1n) is 5.60. The van der Waals surface area contributed by atoms with E-state index in [2.05, 4.69) is 4.98 Å².